The smallest absolute Gasteiger partial charge is 0.407 e. The second-order valence-corrected chi connectivity index (χ2v) is 11.0. The highest BCUT2D eigenvalue weighted by atomic mass is 16.5. The second-order valence-electron chi connectivity index (χ2n) is 11.0. The quantitative estimate of drug-likeness (QED) is 0.211. The van der Waals surface area contributed by atoms with E-state index in [9.17, 15) is 19.5 Å². The van der Waals surface area contributed by atoms with Crippen molar-refractivity contribution in [3.63, 3.8) is 0 Å². The number of aliphatic hydroxyl groups is 1. The van der Waals surface area contributed by atoms with Gasteiger partial charge in [0, 0.05) is 5.92 Å². The van der Waals surface area contributed by atoms with Crippen molar-refractivity contribution in [2.45, 2.75) is 64.5 Å². The summed E-state index contributed by atoms with van der Waals surface area (Å²) in [6.07, 6.45) is -1.58. The highest BCUT2D eigenvalue weighted by Gasteiger charge is 2.31. The van der Waals surface area contributed by atoms with Gasteiger partial charge < -0.3 is 25.4 Å². The molecule has 1 unspecified atom stereocenters. The van der Waals surface area contributed by atoms with Gasteiger partial charge in [-0.3, -0.25) is 9.59 Å². The minimum absolute atomic E-state index is 0.0564. The van der Waals surface area contributed by atoms with E-state index in [0.29, 0.717) is 6.42 Å². The Kier molecular flexibility index (Phi) is 11.7. The number of carboxylic acids is 2. The molecule has 4 atom stereocenters. The number of aliphatic hydroxyl groups excluding tert-OH is 1. The minimum atomic E-state index is -1.18. The summed E-state index contributed by atoms with van der Waals surface area (Å²) < 4.78 is 5.51. The molecule has 3 aromatic rings. The zero-order valence-electron chi connectivity index (χ0n) is 24.6. The van der Waals surface area contributed by atoms with E-state index in [-0.39, 0.29) is 30.3 Å². The standard InChI is InChI=1S/C23H27NO5.C11H14O2/c1-3-14(2)22(20(25)12-21(26)27)24-23(28)29-13-19-17-10-6-4-8-15(17)16-9-5-7-11-18(16)19;1-8(2)10(11(12)13)9-6-4-3-5-7-9/h4-11,14,19-20,22,25H,3,12-13H2,1-2H3,(H,24,28)(H,26,27);3-8,10H,1-2H3,(H,12,13)/t14-,20-,22-;/m0./s1. The molecule has 0 spiro atoms. The topological polar surface area (TPSA) is 133 Å². The normalized spacial score (nSPS) is 14.8. The number of carbonyl (C=O) groups excluding carboxylic acids is 1. The Labute approximate surface area is 247 Å². The number of fused-ring (bicyclic) bond motifs is 3. The summed E-state index contributed by atoms with van der Waals surface area (Å²) in [4.78, 5) is 34.3. The molecule has 0 radical (unpaired) electrons. The van der Waals surface area contributed by atoms with Gasteiger partial charge in [0.1, 0.15) is 6.61 Å². The molecule has 42 heavy (non-hydrogen) atoms. The fraction of sp³-hybridized carbons (Fsp3) is 0.382. The molecular weight excluding hydrogens is 534 g/mol. The molecule has 3 aromatic carbocycles. The maximum Gasteiger partial charge on any atom is 0.407 e. The number of alkyl carbamates (subject to hydrolysis) is 1. The van der Waals surface area contributed by atoms with Gasteiger partial charge in [-0.05, 0) is 39.7 Å². The van der Waals surface area contributed by atoms with Crippen LogP contribution in [0, 0.1) is 11.8 Å². The molecule has 0 heterocycles. The van der Waals surface area contributed by atoms with Crippen LogP contribution >= 0.6 is 0 Å². The molecule has 8 heteroatoms. The van der Waals surface area contributed by atoms with Crippen LogP contribution in [0.25, 0.3) is 11.1 Å². The van der Waals surface area contributed by atoms with E-state index >= 15 is 0 Å². The Morgan fingerprint density at radius 3 is 1.83 bits per heavy atom. The van der Waals surface area contributed by atoms with Gasteiger partial charge in [0.2, 0.25) is 0 Å². The fourth-order valence-corrected chi connectivity index (χ4v) is 5.43. The maximum atomic E-state index is 12.5. The summed E-state index contributed by atoms with van der Waals surface area (Å²) in [5.41, 5.74) is 5.40. The Morgan fingerprint density at radius 1 is 0.833 bits per heavy atom. The Bertz CT molecular complexity index is 1290. The number of rotatable bonds is 11. The Hall–Kier alpha value is -4.17. The highest BCUT2D eigenvalue weighted by molar-refractivity contribution is 5.79. The van der Waals surface area contributed by atoms with Gasteiger partial charge in [-0.2, -0.15) is 0 Å². The summed E-state index contributed by atoms with van der Waals surface area (Å²) in [6, 6.07) is 24.8. The number of nitrogens with one attached hydrogen (secondary N) is 1. The van der Waals surface area contributed by atoms with Gasteiger partial charge in [0.05, 0.1) is 24.5 Å². The fourth-order valence-electron chi connectivity index (χ4n) is 5.43. The number of hydrogen-bond donors (Lipinski definition) is 4. The average molecular weight is 576 g/mol. The van der Waals surface area contributed by atoms with Gasteiger partial charge in [-0.25, -0.2) is 4.79 Å². The zero-order chi connectivity index (χ0) is 30.8. The molecule has 8 nitrogen and oxygen atoms in total. The Balaban J connectivity index is 0.000000312. The average Bonchev–Trinajstić information content (AvgIpc) is 3.28. The molecule has 1 aliphatic carbocycles. The van der Waals surface area contributed by atoms with Gasteiger partial charge in [0.25, 0.3) is 0 Å². The second kappa shape index (κ2) is 15.2. The lowest BCUT2D eigenvalue weighted by Crippen LogP contribution is -2.48. The molecule has 1 amide bonds. The molecular formula is C34H41NO7. The summed E-state index contributed by atoms with van der Waals surface area (Å²) in [6.45, 7) is 7.80. The first kappa shape index (κ1) is 32.3. The molecule has 0 saturated heterocycles. The van der Waals surface area contributed by atoms with Crippen LogP contribution in [0.2, 0.25) is 0 Å². The van der Waals surface area contributed by atoms with E-state index in [0.717, 1.165) is 27.8 Å². The molecule has 4 rings (SSSR count). The molecule has 0 aromatic heterocycles. The van der Waals surface area contributed by atoms with Crippen LogP contribution in [0.4, 0.5) is 4.79 Å². The maximum absolute atomic E-state index is 12.5. The first-order valence-electron chi connectivity index (χ1n) is 14.3. The number of benzene rings is 3. The summed E-state index contributed by atoms with van der Waals surface area (Å²) in [7, 11) is 0. The van der Waals surface area contributed by atoms with Crippen LogP contribution in [0.5, 0.6) is 0 Å². The third kappa shape index (κ3) is 8.19. The number of ether oxygens (including phenoxy) is 1. The lowest BCUT2D eigenvalue weighted by Gasteiger charge is -2.28. The van der Waals surface area contributed by atoms with Crippen molar-refractivity contribution in [2.24, 2.45) is 11.8 Å². The van der Waals surface area contributed by atoms with Crippen LogP contribution < -0.4 is 5.32 Å². The first-order chi connectivity index (χ1) is 20.0. The van der Waals surface area contributed by atoms with E-state index in [1.807, 2.05) is 94.4 Å². The van der Waals surface area contributed by atoms with Crippen LogP contribution in [-0.4, -0.2) is 52.1 Å². The number of amides is 1. The SMILES string of the molecule is CC(C)C(C(=O)O)c1ccccc1.CC[C@H](C)[C@H](NC(=O)OCC1c2ccccc2-c2ccccc21)[C@@H](O)CC(=O)O. The van der Waals surface area contributed by atoms with Crippen molar-refractivity contribution in [2.75, 3.05) is 6.61 Å². The predicted molar refractivity (Wildman–Crippen MR) is 161 cm³/mol. The van der Waals surface area contributed by atoms with Crippen molar-refractivity contribution in [3.05, 3.63) is 95.6 Å². The predicted octanol–water partition coefficient (Wildman–Crippen LogP) is 6.29. The van der Waals surface area contributed by atoms with Crippen LogP contribution in [0.15, 0.2) is 78.9 Å². The molecule has 224 valence electrons. The van der Waals surface area contributed by atoms with Crippen LogP contribution in [-0.2, 0) is 14.3 Å². The number of carbonyl (C=O) groups is 3. The molecule has 0 aliphatic heterocycles. The van der Waals surface area contributed by atoms with Gasteiger partial charge >= 0.3 is 18.0 Å². The van der Waals surface area contributed by atoms with Crippen molar-refractivity contribution in [3.8, 4) is 11.1 Å². The van der Waals surface area contributed by atoms with Gasteiger partial charge in [0.15, 0.2) is 0 Å². The van der Waals surface area contributed by atoms with E-state index in [2.05, 4.69) is 17.4 Å². The molecule has 0 bridgehead atoms. The number of aliphatic carboxylic acids is 2. The van der Waals surface area contributed by atoms with E-state index in [1.165, 1.54) is 0 Å². The van der Waals surface area contributed by atoms with E-state index in [1.54, 1.807) is 0 Å². The minimum Gasteiger partial charge on any atom is -0.481 e. The van der Waals surface area contributed by atoms with Gasteiger partial charge in [-0.15, -0.1) is 0 Å². The zero-order valence-corrected chi connectivity index (χ0v) is 24.6. The third-order valence-electron chi connectivity index (χ3n) is 7.77. The van der Waals surface area contributed by atoms with Crippen LogP contribution in [0.3, 0.4) is 0 Å². The monoisotopic (exact) mass is 575 g/mol. The summed E-state index contributed by atoms with van der Waals surface area (Å²) in [5.74, 6) is -2.27. The van der Waals surface area contributed by atoms with Gasteiger partial charge in [-0.1, -0.05) is 113 Å². The first-order valence-corrected chi connectivity index (χ1v) is 14.3. The van der Waals surface area contributed by atoms with Crippen LogP contribution in [0.1, 0.15) is 69.1 Å². The largest absolute Gasteiger partial charge is 0.481 e. The molecule has 1 aliphatic rings. The Morgan fingerprint density at radius 2 is 1.36 bits per heavy atom. The number of carboxylic acid groups (broad SMARTS) is 2. The molecule has 0 fully saturated rings. The van der Waals surface area contributed by atoms with Crippen molar-refractivity contribution in [1.29, 1.82) is 0 Å². The third-order valence-corrected chi connectivity index (χ3v) is 7.77. The van der Waals surface area contributed by atoms with Crippen molar-refractivity contribution in [1.82, 2.24) is 5.32 Å². The summed E-state index contributed by atoms with van der Waals surface area (Å²) in [5, 5.41) is 30.8. The summed E-state index contributed by atoms with van der Waals surface area (Å²) >= 11 is 0. The lowest BCUT2D eigenvalue weighted by molar-refractivity contribution is -0.140. The van der Waals surface area contributed by atoms with Crippen molar-refractivity contribution < 1.29 is 34.4 Å². The van der Waals surface area contributed by atoms with Crippen molar-refractivity contribution >= 4 is 18.0 Å². The highest BCUT2D eigenvalue weighted by Crippen LogP contribution is 2.44. The van der Waals surface area contributed by atoms with E-state index < -0.39 is 36.6 Å². The lowest BCUT2D eigenvalue weighted by atomic mass is 9.89. The molecule has 0 saturated carbocycles. The number of hydrogen-bond acceptors (Lipinski definition) is 5. The van der Waals surface area contributed by atoms with E-state index in [4.69, 9.17) is 14.9 Å². The molecule has 4 N–H and O–H groups in total.